The summed E-state index contributed by atoms with van der Waals surface area (Å²) >= 11 is 0. The predicted octanol–water partition coefficient (Wildman–Crippen LogP) is 5.50. The molecule has 146 valence electrons. The fraction of sp³-hybridized carbons (Fsp3) is 1.00. The van der Waals surface area contributed by atoms with E-state index in [1.54, 1.807) is 6.92 Å². The Kier molecular flexibility index (Phi) is 15.1. The summed E-state index contributed by atoms with van der Waals surface area (Å²) in [6.45, 7) is 4.00. The molecule has 0 aliphatic heterocycles. The van der Waals surface area contributed by atoms with Crippen LogP contribution < -0.4 is 0 Å². The fourth-order valence-corrected chi connectivity index (χ4v) is 4.04. The summed E-state index contributed by atoms with van der Waals surface area (Å²) in [5.41, 5.74) is 0. The van der Waals surface area contributed by atoms with Crippen molar-refractivity contribution in [2.45, 2.75) is 122 Å². The Balaban J connectivity index is 3.45. The molecule has 2 N–H and O–H groups in total. The van der Waals surface area contributed by atoms with E-state index < -0.39 is 15.4 Å². The summed E-state index contributed by atoms with van der Waals surface area (Å²) in [6, 6.07) is 0. The molecule has 4 nitrogen and oxygen atoms in total. The average Bonchev–Trinajstić information content (AvgIpc) is 2.52. The quantitative estimate of drug-likeness (QED) is 0.264. The van der Waals surface area contributed by atoms with Gasteiger partial charge in [0.1, 0.15) is 0 Å². The summed E-state index contributed by atoms with van der Waals surface area (Å²) < 4.78 is 31.3. The Hall–Kier alpha value is -0.130. The van der Waals surface area contributed by atoms with Crippen LogP contribution in [0.5, 0.6) is 0 Å². The first kappa shape index (κ1) is 23.9. The van der Waals surface area contributed by atoms with Crippen molar-refractivity contribution in [2.75, 3.05) is 0 Å². The van der Waals surface area contributed by atoms with Crippen LogP contribution in [-0.2, 0) is 10.1 Å². The third kappa shape index (κ3) is 14.2. The molecule has 0 aromatic carbocycles. The van der Waals surface area contributed by atoms with Gasteiger partial charge in [0.15, 0.2) is 0 Å². The summed E-state index contributed by atoms with van der Waals surface area (Å²) in [4.78, 5) is 0. The zero-order valence-corrected chi connectivity index (χ0v) is 16.7. The first-order valence-electron chi connectivity index (χ1n) is 10.1. The Labute approximate surface area is 150 Å². The first-order valence-corrected chi connectivity index (χ1v) is 11.6. The van der Waals surface area contributed by atoms with Gasteiger partial charge in [-0.2, -0.15) is 8.42 Å². The van der Waals surface area contributed by atoms with Crippen LogP contribution in [0.2, 0.25) is 0 Å². The molecule has 0 saturated carbocycles. The van der Waals surface area contributed by atoms with Crippen molar-refractivity contribution in [2.24, 2.45) is 0 Å². The number of hydrogen-bond acceptors (Lipinski definition) is 3. The molecule has 0 aliphatic rings. The molecule has 0 bridgehead atoms. The minimum atomic E-state index is -3.93. The lowest BCUT2D eigenvalue weighted by molar-refractivity contribution is 0.147. The zero-order valence-electron chi connectivity index (χ0n) is 15.9. The van der Waals surface area contributed by atoms with Crippen molar-refractivity contribution in [3.05, 3.63) is 0 Å². The lowest BCUT2D eigenvalue weighted by Gasteiger charge is -2.14. The van der Waals surface area contributed by atoms with Gasteiger partial charge in [-0.25, -0.2) is 0 Å². The maximum atomic E-state index is 11.1. The van der Waals surface area contributed by atoms with Crippen molar-refractivity contribution in [3.63, 3.8) is 0 Å². The van der Waals surface area contributed by atoms with Gasteiger partial charge in [0, 0.05) is 0 Å². The largest absolute Gasteiger partial charge is 0.393 e. The second-order valence-electron chi connectivity index (χ2n) is 7.10. The summed E-state index contributed by atoms with van der Waals surface area (Å²) in [5.74, 6) is 0. The van der Waals surface area contributed by atoms with E-state index in [4.69, 9.17) is 4.55 Å². The first-order chi connectivity index (χ1) is 11.4. The SMILES string of the molecule is CCCCCCCCCCCCC(O)CCCC(CC)S(=O)(=O)O. The van der Waals surface area contributed by atoms with E-state index in [0.717, 1.165) is 12.8 Å². The van der Waals surface area contributed by atoms with Gasteiger partial charge in [0.05, 0.1) is 11.4 Å². The van der Waals surface area contributed by atoms with E-state index in [9.17, 15) is 13.5 Å². The minimum Gasteiger partial charge on any atom is -0.393 e. The smallest absolute Gasteiger partial charge is 0.267 e. The highest BCUT2D eigenvalue weighted by molar-refractivity contribution is 7.86. The maximum Gasteiger partial charge on any atom is 0.267 e. The average molecular weight is 365 g/mol. The van der Waals surface area contributed by atoms with Gasteiger partial charge < -0.3 is 5.11 Å². The van der Waals surface area contributed by atoms with E-state index in [0.29, 0.717) is 25.7 Å². The van der Waals surface area contributed by atoms with Gasteiger partial charge in [-0.15, -0.1) is 0 Å². The molecule has 0 heterocycles. The molecule has 24 heavy (non-hydrogen) atoms. The van der Waals surface area contributed by atoms with Crippen molar-refractivity contribution >= 4 is 10.1 Å². The Morgan fingerprint density at radius 3 is 1.62 bits per heavy atom. The maximum absolute atomic E-state index is 11.1. The number of aliphatic hydroxyl groups excluding tert-OH is 1. The molecule has 0 saturated heterocycles. The van der Waals surface area contributed by atoms with E-state index in [1.807, 2.05) is 0 Å². The highest BCUT2D eigenvalue weighted by atomic mass is 32.2. The fourth-order valence-electron chi connectivity index (χ4n) is 3.16. The second-order valence-corrected chi connectivity index (χ2v) is 8.80. The molecule has 2 unspecified atom stereocenters. The van der Waals surface area contributed by atoms with E-state index in [1.165, 1.54) is 57.8 Å². The summed E-state index contributed by atoms with van der Waals surface area (Å²) in [5, 5.41) is 9.27. The molecule has 0 aliphatic carbocycles. The molecule has 5 heteroatoms. The third-order valence-corrected chi connectivity index (χ3v) is 6.24. The summed E-state index contributed by atoms with van der Waals surface area (Å²) in [7, 11) is -3.93. The van der Waals surface area contributed by atoms with Crippen LogP contribution >= 0.6 is 0 Å². The van der Waals surface area contributed by atoms with Crippen LogP contribution in [0.4, 0.5) is 0 Å². The third-order valence-electron chi connectivity index (χ3n) is 4.83. The molecule has 0 aromatic heterocycles. The van der Waals surface area contributed by atoms with Crippen LogP contribution in [0, 0.1) is 0 Å². The van der Waals surface area contributed by atoms with Gasteiger partial charge in [-0.05, 0) is 32.1 Å². The van der Waals surface area contributed by atoms with Crippen LogP contribution in [0.1, 0.15) is 110 Å². The molecule has 0 amide bonds. The van der Waals surface area contributed by atoms with Crippen molar-refractivity contribution in [3.8, 4) is 0 Å². The zero-order chi connectivity index (χ0) is 18.3. The van der Waals surface area contributed by atoms with Gasteiger partial charge in [0.2, 0.25) is 0 Å². The van der Waals surface area contributed by atoms with Gasteiger partial charge in [0.25, 0.3) is 10.1 Å². The molecule has 2 atom stereocenters. The lowest BCUT2D eigenvalue weighted by Crippen LogP contribution is -2.20. The standard InChI is InChI=1S/C19H40O4S/c1-3-5-6-7-8-9-10-11-12-13-15-18(20)16-14-17-19(4-2)24(21,22)23/h18-20H,3-17H2,1-2H3,(H,21,22,23). The van der Waals surface area contributed by atoms with Crippen molar-refractivity contribution in [1.82, 2.24) is 0 Å². The minimum absolute atomic E-state index is 0.335. The molecule has 0 spiro atoms. The molecule has 0 rings (SSSR count). The second kappa shape index (κ2) is 15.2. The number of aliphatic hydroxyl groups is 1. The van der Waals surface area contributed by atoms with Crippen LogP contribution in [0.25, 0.3) is 0 Å². The van der Waals surface area contributed by atoms with Crippen LogP contribution in [0.15, 0.2) is 0 Å². The Bertz CT molecular complexity index is 368. The van der Waals surface area contributed by atoms with E-state index >= 15 is 0 Å². The molecule has 0 radical (unpaired) electrons. The Morgan fingerprint density at radius 1 is 0.708 bits per heavy atom. The van der Waals surface area contributed by atoms with Crippen LogP contribution in [-0.4, -0.2) is 29.4 Å². The van der Waals surface area contributed by atoms with Gasteiger partial charge >= 0.3 is 0 Å². The molecular weight excluding hydrogens is 324 g/mol. The van der Waals surface area contributed by atoms with Crippen molar-refractivity contribution < 1.29 is 18.1 Å². The highest BCUT2D eigenvalue weighted by Gasteiger charge is 2.20. The van der Waals surface area contributed by atoms with Gasteiger partial charge in [-0.3, -0.25) is 4.55 Å². The number of unbranched alkanes of at least 4 members (excludes halogenated alkanes) is 9. The summed E-state index contributed by atoms with van der Waals surface area (Å²) in [6.07, 6.45) is 15.5. The van der Waals surface area contributed by atoms with Gasteiger partial charge in [-0.1, -0.05) is 78.1 Å². The lowest BCUT2D eigenvalue weighted by atomic mass is 10.0. The van der Waals surface area contributed by atoms with Crippen molar-refractivity contribution in [1.29, 1.82) is 0 Å². The van der Waals surface area contributed by atoms with E-state index in [2.05, 4.69) is 6.92 Å². The molecular formula is C19H40O4S. The van der Waals surface area contributed by atoms with E-state index in [-0.39, 0.29) is 6.10 Å². The number of rotatable bonds is 17. The molecule has 0 fully saturated rings. The highest BCUT2D eigenvalue weighted by Crippen LogP contribution is 2.17. The topological polar surface area (TPSA) is 74.6 Å². The molecule has 0 aromatic rings. The predicted molar refractivity (Wildman–Crippen MR) is 102 cm³/mol. The monoisotopic (exact) mass is 364 g/mol. The Morgan fingerprint density at radius 2 is 1.17 bits per heavy atom. The normalized spacial score (nSPS) is 14.7. The number of hydrogen-bond donors (Lipinski definition) is 2. The van der Waals surface area contributed by atoms with Crippen LogP contribution in [0.3, 0.4) is 0 Å².